The SMILES string of the molecule is Cc1c(C)c(C)c(C)c(C)c1C.Cc1ccc(C)c(C)c1C. The van der Waals surface area contributed by atoms with Gasteiger partial charge in [-0.25, -0.2) is 0 Å². The van der Waals surface area contributed by atoms with Crippen molar-refractivity contribution in [1.82, 2.24) is 0 Å². The van der Waals surface area contributed by atoms with E-state index in [9.17, 15) is 0 Å². The molecule has 0 aromatic heterocycles. The van der Waals surface area contributed by atoms with Crippen molar-refractivity contribution in [2.45, 2.75) is 69.2 Å². The summed E-state index contributed by atoms with van der Waals surface area (Å²) in [5.41, 5.74) is 14.4. The minimum absolute atomic E-state index is 1.39. The summed E-state index contributed by atoms with van der Waals surface area (Å²) in [6.07, 6.45) is 0. The Bertz CT molecular complexity index is 556. The summed E-state index contributed by atoms with van der Waals surface area (Å²) in [6, 6.07) is 4.36. The number of hydrogen-bond donors (Lipinski definition) is 0. The maximum absolute atomic E-state index is 2.21. The highest BCUT2D eigenvalue weighted by Gasteiger charge is 2.07. The van der Waals surface area contributed by atoms with Crippen LogP contribution in [0.2, 0.25) is 0 Å². The van der Waals surface area contributed by atoms with Crippen LogP contribution in [0.4, 0.5) is 0 Å². The molecule has 2 aromatic rings. The van der Waals surface area contributed by atoms with Crippen molar-refractivity contribution >= 4 is 0 Å². The van der Waals surface area contributed by atoms with E-state index in [1.807, 2.05) is 0 Å². The Morgan fingerprint density at radius 1 is 0.318 bits per heavy atom. The molecule has 0 fully saturated rings. The van der Waals surface area contributed by atoms with Gasteiger partial charge >= 0.3 is 0 Å². The topological polar surface area (TPSA) is 0 Å². The van der Waals surface area contributed by atoms with Gasteiger partial charge in [0.2, 0.25) is 0 Å². The molecule has 2 aromatic carbocycles. The van der Waals surface area contributed by atoms with E-state index >= 15 is 0 Å². The zero-order valence-corrected chi connectivity index (χ0v) is 16.2. The van der Waals surface area contributed by atoms with Crippen LogP contribution >= 0.6 is 0 Å². The summed E-state index contributed by atoms with van der Waals surface area (Å²) in [6.45, 7) is 21.9. The zero-order chi connectivity index (χ0) is 17.2. The van der Waals surface area contributed by atoms with Gasteiger partial charge < -0.3 is 0 Å². The molecular formula is C22H32. The van der Waals surface area contributed by atoms with Crippen LogP contribution < -0.4 is 0 Å². The van der Waals surface area contributed by atoms with E-state index in [1.54, 1.807) is 0 Å². The largest absolute Gasteiger partial charge is 0.0588 e. The monoisotopic (exact) mass is 296 g/mol. The second-order valence-corrected chi connectivity index (χ2v) is 6.70. The highest BCUT2D eigenvalue weighted by atomic mass is 14.1. The fraction of sp³-hybridized carbons (Fsp3) is 0.455. The molecule has 0 amide bonds. The van der Waals surface area contributed by atoms with Crippen molar-refractivity contribution in [3.8, 4) is 0 Å². The molecule has 0 radical (unpaired) electrons. The number of rotatable bonds is 0. The molecule has 0 atom stereocenters. The third-order valence-corrected chi connectivity index (χ3v) is 5.70. The summed E-state index contributed by atoms with van der Waals surface area (Å²) in [7, 11) is 0. The molecular weight excluding hydrogens is 264 g/mol. The molecule has 0 bridgehead atoms. The lowest BCUT2D eigenvalue weighted by Gasteiger charge is -2.15. The molecule has 0 unspecified atom stereocenters. The minimum atomic E-state index is 1.39. The Balaban J connectivity index is 0.000000224. The summed E-state index contributed by atoms with van der Waals surface area (Å²) >= 11 is 0. The highest BCUT2D eigenvalue weighted by molar-refractivity contribution is 5.48. The van der Waals surface area contributed by atoms with Crippen molar-refractivity contribution in [1.29, 1.82) is 0 Å². The molecule has 0 aliphatic rings. The van der Waals surface area contributed by atoms with Crippen molar-refractivity contribution in [2.24, 2.45) is 0 Å². The van der Waals surface area contributed by atoms with Crippen molar-refractivity contribution in [3.63, 3.8) is 0 Å². The zero-order valence-electron chi connectivity index (χ0n) is 16.2. The minimum Gasteiger partial charge on any atom is -0.0588 e. The summed E-state index contributed by atoms with van der Waals surface area (Å²) in [5, 5.41) is 0. The van der Waals surface area contributed by atoms with Crippen LogP contribution in [0.15, 0.2) is 12.1 Å². The van der Waals surface area contributed by atoms with Gasteiger partial charge in [-0.15, -0.1) is 0 Å². The first-order valence-electron chi connectivity index (χ1n) is 8.16. The average Bonchev–Trinajstić information content (AvgIpc) is 2.51. The maximum Gasteiger partial charge on any atom is -0.0392 e. The molecule has 120 valence electrons. The molecule has 0 saturated heterocycles. The fourth-order valence-electron chi connectivity index (χ4n) is 2.78. The van der Waals surface area contributed by atoms with Crippen molar-refractivity contribution < 1.29 is 0 Å². The van der Waals surface area contributed by atoms with E-state index in [1.165, 1.54) is 55.6 Å². The van der Waals surface area contributed by atoms with Gasteiger partial charge in [0.25, 0.3) is 0 Å². The lowest BCUT2D eigenvalue weighted by Crippen LogP contribution is -1.98. The Kier molecular flexibility index (Phi) is 6.00. The van der Waals surface area contributed by atoms with E-state index in [2.05, 4.69) is 81.4 Å². The fourth-order valence-corrected chi connectivity index (χ4v) is 2.78. The van der Waals surface area contributed by atoms with Gasteiger partial charge in [-0.1, -0.05) is 12.1 Å². The summed E-state index contributed by atoms with van der Waals surface area (Å²) < 4.78 is 0. The molecule has 0 aliphatic heterocycles. The number of hydrogen-bond acceptors (Lipinski definition) is 0. The van der Waals surface area contributed by atoms with Crippen LogP contribution in [0, 0.1) is 69.2 Å². The van der Waals surface area contributed by atoms with Crippen LogP contribution in [-0.2, 0) is 0 Å². The third kappa shape index (κ3) is 3.61. The molecule has 0 heterocycles. The highest BCUT2D eigenvalue weighted by Crippen LogP contribution is 2.24. The molecule has 0 heteroatoms. The second kappa shape index (κ2) is 7.13. The van der Waals surface area contributed by atoms with Crippen LogP contribution in [-0.4, -0.2) is 0 Å². The Labute approximate surface area is 137 Å². The van der Waals surface area contributed by atoms with E-state index in [0.29, 0.717) is 0 Å². The predicted molar refractivity (Wildman–Crippen MR) is 100 cm³/mol. The van der Waals surface area contributed by atoms with Gasteiger partial charge in [0.1, 0.15) is 0 Å². The van der Waals surface area contributed by atoms with Gasteiger partial charge in [0, 0.05) is 0 Å². The summed E-state index contributed by atoms with van der Waals surface area (Å²) in [5.74, 6) is 0. The molecule has 0 nitrogen and oxygen atoms in total. The molecule has 0 aliphatic carbocycles. The van der Waals surface area contributed by atoms with E-state index in [-0.39, 0.29) is 0 Å². The average molecular weight is 296 g/mol. The standard InChI is InChI=1S/C12H18.C10H14/c1-7-8(2)10(4)12(6)11(5)9(7)3;1-7-5-6-8(2)10(4)9(7)3/h1-6H3;5-6H,1-4H3. The van der Waals surface area contributed by atoms with Crippen molar-refractivity contribution in [2.75, 3.05) is 0 Å². The van der Waals surface area contributed by atoms with E-state index in [4.69, 9.17) is 0 Å². The van der Waals surface area contributed by atoms with Crippen LogP contribution in [0.25, 0.3) is 0 Å². The van der Waals surface area contributed by atoms with Gasteiger partial charge in [-0.05, 0) is 125 Å². The van der Waals surface area contributed by atoms with E-state index < -0.39 is 0 Å². The number of benzene rings is 2. The first-order chi connectivity index (χ1) is 10.1. The molecule has 22 heavy (non-hydrogen) atoms. The summed E-state index contributed by atoms with van der Waals surface area (Å²) in [4.78, 5) is 0. The Morgan fingerprint density at radius 3 is 0.682 bits per heavy atom. The Morgan fingerprint density at radius 2 is 0.500 bits per heavy atom. The van der Waals surface area contributed by atoms with Crippen LogP contribution in [0.3, 0.4) is 0 Å². The quantitative estimate of drug-likeness (QED) is 0.523. The van der Waals surface area contributed by atoms with Gasteiger partial charge in [-0.2, -0.15) is 0 Å². The first kappa shape index (κ1) is 18.5. The van der Waals surface area contributed by atoms with Gasteiger partial charge in [0.15, 0.2) is 0 Å². The first-order valence-corrected chi connectivity index (χ1v) is 8.16. The second-order valence-electron chi connectivity index (χ2n) is 6.70. The predicted octanol–water partition coefficient (Wildman–Crippen LogP) is 6.46. The van der Waals surface area contributed by atoms with Crippen LogP contribution in [0.5, 0.6) is 0 Å². The normalized spacial score (nSPS) is 10.3. The third-order valence-electron chi connectivity index (χ3n) is 5.70. The van der Waals surface area contributed by atoms with Gasteiger partial charge in [-0.3, -0.25) is 0 Å². The molecule has 0 spiro atoms. The van der Waals surface area contributed by atoms with Crippen LogP contribution in [0.1, 0.15) is 55.6 Å². The molecule has 0 saturated carbocycles. The number of aryl methyl sites for hydroxylation is 2. The lowest BCUT2D eigenvalue weighted by atomic mass is 9.90. The molecule has 0 N–H and O–H groups in total. The van der Waals surface area contributed by atoms with Gasteiger partial charge in [0.05, 0.1) is 0 Å². The smallest absolute Gasteiger partial charge is 0.0392 e. The molecule has 2 rings (SSSR count). The Hall–Kier alpha value is -1.56. The maximum atomic E-state index is 2.21. The van der Waals surface area contributed by atoms with E-state index in [0.717, 1.165) is 0 Å². The lowest BCUT2D eigenvalue weighted by molar-refractivity contribution is 1.13. The van der Waals surface area contributed by atoms with Crippen molar-refractivity contribution in [3.05, 3.63) is 67.8 Å².